The van der Waals surface area contributed by atoms with E-state index in [4.69, 9.17) is 4.74 Å². The van der Waals surface area contributed by atoms with Gasteiger partial charge in [0.1, 0.15) is 24.7 Å². The number of rotatable bonds is 9. The third-order valence-electron chi connectivity index (χ3n) is 6.97. The van der Waals surface area contributed by atoms with Crippen molar-refractivity contribution in [2.24, 2.45) is 11.3 Å². The first-order chi connectivity index (χ1) is 15.6. The van der Waals surface area contributed by atoms with Gasteiger partial charge in [0.2, 0.25) is 0 Å². The average Bonchev–Trinajstić information content (AvgIpc) is 3.40. The van der Waals surface area contributed by atoms with Crippen molar-refractivity contribution < 1.29 is 14.6 Å². The standard InChI is InChI=1S/C24H32N4O3S/c1-3-17(4-2)21(28-15-25-26-16-28)18-9-10-19-20(13-18)32-23(27-19)31-14-24(22(29)30)11-7-5-6-8-12-24/h9-10,13,15-17,21H,3-8,11-12,14H2,1-2H3,(H,29,30). The maximum atomic E-state index is 12.1. The fraction of sp³-hybridized carbons (Fsp3) is 0.583. The number of hydrogen-bond donors (Lipinski definition) is 1. The highest BCUT2D eigenvalue weighted by Crippen LogP contribution is 2.38. The van der Waals surface area contributed by atoms with Gasteiger partial charge in [0, 0.05) is 0 Å². The van der Waals surface area contributed by atoms with Gasteiger partial charge in [0.05, 0.1) is 16.3 Å². The number of aromatic nitrogens is 4. The molecule has 0 bridgehead atoms. The summed E-state index contributed by atoms with van der Waals surface area (Å²) in [5.41, 5.74) is 1.28. The minimum absolute atomic E-state index is 0.164. The average molecular weight is 457 g/mol. The molecule has 1 fully saturated rings. The lowest BCUT2D eigenvalue weighted by Crippen LogP contribution is -2.36. The quantitative estimate of drug-likeness (QED) is 0.414. The van der Waals surface area contributed by atoms with Gasteiger partial charge < -0.3 is 14.4 Å². The van der Waals surface area contributed by atoms with Gasteiger partial charge in [-0.2, -0.15) is 0 Å². The predicted molar refractivity (Wildman–Crippen MR) is 125 cm³/mol. The molecule has 2 heterocycles. The zero-order chi connectivity index (χ0) is 22.6. The largest absolute Gasteiger partial charge is 0.481 e. The number of ether oxygens (including phenoxy) is 1. The first-order valence-corrected chi connectivity index (χ1v) is 12.5. The lowest BCUT2D eigenvalue weighted by atomic mass is 9.81. The molecule has 1 saturated carbocycles. The number of carboxylic acid groups (broad SMARTS) is 1. The van der Waals surface area contributed by atoms with E-state index in [1.165, 1.54) is 16.9 Å². The summed E-state index contributed by atoms with van der Waals surface area (Å²) in [7, 11) is 0. The summed E-state index contributed by atoms with van der Waals surface area (Å²) < 4.78 is 9.15. The Morgan fingerprint density at radius 1 is 1.16 bits per heavy atom. The number of hydrogen-bond acceptors (Lipinski definition) is 6. The number of benzene rings is 1. The van der Waals surface area contributed by atoms with Crippen LogP contribution >= 0.6 is 11.3 Å². The summed E-state index contributed by atoms with van der Waals surface area (Å²) in [6.07, 6.45) is 11.1. The molecule has 172 valence electrons. The minimum Gasteiger partial charge on any atom is -0.481 e. The molecule has 7 nitrogen and oxygen atoms in total. The molecule has 0 spiro atoms. The Balaban J connectivity index is 1.58. The van der Waals surface area contributed by atoms with Crippen molar-refractivity contribution in [3.63, 3.8) is 0 Å². The fourth-order valence-electron chi connectivity index (χ4n) is 4.97. The van der Waals surface area contributed by atoms with Crippen molar-refractivity contribution in [3.05, 3.63) is 36.4 Å². The first kappa shape index (κ1) is 22.7. The summed E-state index contributed by atoms with van der Waals surface area (Å²) in [5.74, 6) is -0.275. The Hall–Kier alpha value is -2.48. The molecule has 3 aromatic rings. The molecular weight excluding hydrogens is 424 g/mol. The van der Waals surface area contributed by atoms with Crippen molar-refractivity contribution >= 4 is 27.5 Å². The summed E-state index contributed by atoms with van der Waals surface area (Å²) in [4.78, 5) is 16.7. The summed E-state index contributed by atoms with van der Waals surface area (Å²) in [6, 6.07) is 6.50. The van der Waals surface area contributed by atoms with Crippen LogP contribution in [0.25, 0.3) is 10.2 Å². The van der Waals surface area contributed by atoms with Crippen molar-refractivity contribution in [2.45, 2.75) is 71.3 Å². The number of aliphatic carboxylic acids is 1. The second kappa shape index (κ2) is 9.98. The van der Waals surface area contributed by atoms with Gasteiger partial charge >= 0.3 is 5.97 Å². The minimum atomic E-state index is -0.797. The monoisotopic (exact) mass is 456 g/mol. The van der Waals surface area contributed by atoms with Crippen molar-refractivity contribution in [2.75, 3.05) is 6.61 Å². The van der Waals surface area contributed by atoms with Crippen LogP contribution in [0.1, 0.15) is 76.8 Å². The van der Waals surface area contributed by atoms with Crippen LogP contribution in [-0.4, -0.2) is 37.4 Å². The highest BCUT2D eigenvalue weighted by Gasteiger charge is 2.40. The third-order valence-corrected chi connectivity index (χ3v) is 7.90. The third kappa shape index (κ3) is 4.65. The highest BCUT2D eigenvalue weighted by molar-refractivity contribution is 7.20. The van der Waals surface area contributed by atoms with Gasteiger partial charge in [-0.05, 0) is 36.5 Å². The predicted octanol–water partition coefficient (Wildman–Crippen LogP) is 5.72. The molecule has 0 aliphatic heterocycles. The van der Waals surface area contributed by atoms with Crippen LogP contribution in [0.4, 0.5) is 0 Å². The van der Waals surface area contributed by atoms with Gasteiger partial charge in [-0.3, -0.25) is 4.79 Å². The van der Waals surface area contributed by atoms with Crippen molar-refractivity contribution in [1.29, 1.82) is 0 Å². The molecular formula is C24H32N4O3S. The number of nitrogens with zero attached hydrogens (tertiary/aromatic N) is 4. The lowest BCUT2D eigenvalue weighted by molar-refractivity contribution is -0.152. The summed E-state index contributed by atoms with van der Waals surface area (Å²) in [5, 5.41) is 18.5. The Kier molecular flexibility index (Phi) is 7.08. The van der Waals surface area contributed by atoms with Crippen LogP contribution in [0.5, 0.6) is 5.19 Å². The second-order valence-electron chi connectivity index (χ2n) is 8.93. The summed E-state index contributed by atoms with van der Waals surface area (Å²) in [6.45, 7) is 4.62. The molecule has 2 aromatic heterocycles. The Morgan fingerprint density at radius 3 is 2.47 bits per heavy atom. The van der Waals surface area contributed by atoms with Gasteiger partial charge in [0.25, 0.3) is 5.19 Å². The number of carboxylic acids is 1. The topological polar surface area (TPSA) is 90.1 Å². The van der Waals surface area contributed by atoms with Crippen LogP contribution in [0, 0.1) is 11.3 Å². The molecule has 1 aliphatic rings. The Morgan fingerprint density at radius 2 is 1.84 bits per heavy atom. The van der Waals surface area contributed by atoms with E-state index in [0.717, 1.165) is 48.7 Å². The van der Waals surface area contributed by atoms with E-state index < -0.39 is 11.4 Å². The van der Waals surface area contributed by atoms with E-state index in [1.54, 1.807) is 12.7 Å². The molecule has 0 radical (unpaired) electrons. The van der Waals surface area contributed by atoms with E-state index in [1.807, 2.05) is 6.07 Å². The van der Waals surface area contributed by atoms with E-state index in [9.17, 15) is 9.90 Å². The molecule has 4 rings (SSSR count). The molecule has 1 aromatic carbocycles. The Labute approximate surface area is 192 Å². The molecule has 1 N–H and O–H groups in total. The van der Waals surface area contributed by atoms with E-state index in [-0.39, 0.29) is 12.6 Å². The van der Waals surface area contributed by atoms with Crippen LogP contribution < -0.4 is 4.74 Å². The van der Waals surface area contributed by atoms with Crippen LogP contribution in [0.15, 0.2) is 30.9 Å². The molecule has 32 heavy (non-hydrogen) atoms. The lowest BCUT2D eigenvalue weighted by Gasteiger charge is -2.27. The SMILES string of the molecule is CCC(CC)C(c1ccc2nc(OCC3(C(=O)O)CCCCCC3)sc2c1)n1cnnc1. The van der Waals surface area contributed by atoms with Gasteiger partial charge in [-0.1, -0.05) is 69.8 Å². The van der Waals surface area contributed by atoms with E-state index in [0.29, 0.717) is 24.0 Å². The van der Waals surface area contributed by atoms with Gasteiger partial charge in [-0.25, -0.2) is 4.98 Å². The summed E-state index contributed by atoms with van der Waals surface area (Å²) >= 11 is 1.49. The molecule has 1 atom stereocenters. The maximum Gasteiger partial charge on any atom is 0.313 e. The highest BCUT2D eigenvalue weighted by atomic mass is 32.1. The fourth-order valence-corrected chi connectivity index (χ4v) is 5.83. The van der Waals surface area contributed by atoms with Gasteiger partial charge in [0.15, 0.2) is 0 Å². The molecule has 0 amide bonds. The maximum absolute atomic E-state index is 12.1. The second-order valence-corrected chi connectivity index (χ2v) is 9.92. The first-order valence-electron chi connectivity index (χ1n) is 11.7. The Bertz CT molecular complexity index is 1020. The number of carbonyl (C=O) groups is 1. The van der Waals surface area contributed by atoms with Gasteiger partial charge in [-0.15, -0.1) is 10.2 Å². The van der Waals surface area contributed by atoms with Crippen molar-refractivity contribution in [1.82, 2.24) is 19.7 Å². The molecule has 0 saturated heterocycles. The molecule has 8 heteroatoms. The molecule has 1 aliphatic carbocycles. The van der Waals surface area contributed by atoms with Crippen LogP contribution in [-0.2, 0) is 4.79 Å². The number of fused-ring (bicyclic) bond motifs is 1. The zero-order valence-corrected chi connectivity index (χ0v) is 19.7. The normalized spacial score (nSPS) is 17.3. The van der Waals surface area contributed by atoms with Crippen LogP contribution in [0.2, 0.25) is 0 Å². The smallest absolute Gasteiger partial charge is 0.313 e. The number of thiazole rings is 1. The zero-order valence-electron chi connectivity index (χ0n) is 18.9. The van der Waals surface area contributed by atoms with Crippen molar-refractivity contribution in [3.8, 4) is 5.19 Å². The van der Waals surface area contributed by atoms with E-state index in [2.05, 4.69) is 45.7 Å². The molecule has 1 unspecified atom stereocenters. The van der Waals surface area contributed by atoms with Crippen LogP contribution in [0.3, 0.4) is 0 Å². The van der Waals surface area contributed by atoms with E-state index >= 15 is 0 Å².